The van der Waals surface area contributed by atoms with Crippen LogP contribution in [0.2, 0.25) is 0 Å². The Morgan fingerprint density at radius 3 is 1.86 bits per heavy atom. The minimum atomic E-state index is 0.121. The van der Waals surface area contributed by atoms with Gasteiger partial charge in [0.1, 0.15) is 0 Å². The van der Waals surface area contributed by atoms with Gasteiger partial charge in [-0.3, -0.25) is 4.79 Å². The van der Waals surface area contributed by atoms with Gasteiger partial charge in [0, 0.05) is 5.56 Å². The van der Waals surface area contributed by atoms with Crippen molar-refractivity contribution in [3.8, 4) is 0 Å². The fourth-order valence-electron chi connectivity index (χ4n) is 0.673. The molecule has 1 aromatic rings. The molecule has 0 saturated heterocycles. The van der Waals surface area contributed by atoms with Gasteiger partial charge in [-0.25, -0.2) is 0 Å². The molecule has 1 rings (SSSR count). The number of carbonyl (C=O) groups is 1. The highest BCUT2D eigenvalue weighted by Gasteiger charge is 1.92. The minimum absolute atomic E-state index is 0.121. The van der Waals surface area contributed by atoms with Gasteiger partial charge in [-0.15, -0.1) is 0 Å². The normalized spacial score (nSPS) is 9.21. The molecule has 14 heavy (non-hydrogen) atoms. The van der Waals surface area contributed by atoms with Crippen LogP contribution in [0.4, 0.5) is 0 Å². The number of hydrogen-bond acceptors (Lipinski definition) is 1. The quantitative estimate of drug-likeness (QED) is 0.649. The van der Waals surface area contributed by atoms with Crippen LogP contribution in [0.1, 0.15) is 44.5 Å². The summed E-state index contributed by atoms with van der Waals surface area (Å²) in [6.07, 6.45) is 1.31. The van der Waals surface area contributed by atoms with Gasteiger partial charge in [-0.2, -0.15) is 0 Å². The molecule has 0 atom stereocenters. The summed E-state index contributed by atoms with van der Waals surface area (Å²) in [5.74, 6) is 1.01. The molecule has 0 N–H and O–H groups in total. The molecule has 78 valence electrons. The average Bonchev–Trinajstić information content (AvgIpc) is 2.20. The van der Waals surface area contributed by atoms with Crippen LogP contribution in [0.15, 0.2) is 30.3 Å². The molecular weight excluding hydrogens is 172 g/mol. The lowest BCUT2D eigenvalue weighted by atomic mass is 10.2. The molecule has 0 fully saturated rings. The zero-order valence-corrected chi connectivity index (χ0v) is 9.58. The molecule has 1 heteroatoms. The number of rotatable bonds is 2. The van der Waals surface area contributed by atoms with E-state index in [4.69, 9.17) is 0 Å². The molecule has 0 radical (unpaired) electrons. The summed E-state index contributed by atoms with van der Waals surface area (Å²) in [6, 6.07) is 9.23. The van der Waals surface area contributed by atoms with Gasteiger partial charge in [0.2, 0.25) is 0 Å². The van der Waals surface area contributed by atoms with Crippen molar-refractivity contribution in [3.63, 3.8) is 0 Å². The molecule has 0 spiro atoms. The number of Topliss-reactive ketones (excluding diaryl/α,β-unsaturated/α-hetero) is 1. The highest BCUT2D eigenvalue weighted by Crippen LogP contribution is 1.97. The lowest BCUT2D eigenvalue weighted by molar-refractivity contribution is 0.101. The van der Waals surface area contributed by atoms with Gasteiger partial charge in [0.05, 0.1) is 0 Å². The van der Waals surface area contributed by atoms with Crippen LogP contribution in [0.25, 0.3) is 0 Å². The van der Waals surface area contributed by atoms with Crippen LogP contribution in [-0.4, -0.2) is 5.78 Å². The van der Waals surface area contributed by atoms with E-state index < -0.39 is 0 Å². The average molecular weight is 192 g/mol. The summed E-state index contributed by atoms with van der Waals surface area (Å²) in [5.41, 5.74) is 0.775. The third-order valence-corrected chi connectivity index (χ3v) is 2.00. The first-order chi connectivity index (χ1) is 6.57. The third kappa shape index (κ3) is 6.41. The van der Waals surface area contributed by atoms with Crippen molar-refractivity contribution in [3.05, 3.63) is 35.9 Å². The number of ketones is 1. The lowest BCUT2D eigenvalue weighted by Crippen LogP contribution is -1.88. The zero-order valence-electron chi connectivity index (χ0n) is 9.58. The van der Waals surface area contributed by atoms with Crippen LogP contribution in [0.5, 0.6) is 0 Å². The van der Waals surface area contributed by atoms with Crippen molar-refractivity contribution in [2.24, 2.45) is 5.92 Å². The van der Waals surface area contributed by atoms with Gasteiger partial charge in [0.15, 0.2) is 5.78 Å². The Bertz CT molecular complexity index is 249. The predicted octanol–water partition coefficient (Wildman–Crippen LogP) is 3.94. The summed E-state index contributed by atoms with van der Waals surface area (Å²) < 4.78 is 0. The fraction of sp³-hybridized carbons (Fsp3) is 0.462. The number of benzene rings is 1. The van der Waals surface area contributed by atoms with E-state index >= 15 is 0 Å². The first-order valence-corrected chi connectivity index (χ1v) is 5.13. The maximum atomic E-state index is 10.6. The van der Waals surface area contributed by atoms with Gasteiger partial charge in [-0.1, -0.05) is 57.5 Å². The van der Waals surface area contributed by atoms with Gasteiger partial charge < -0.3 is 0 Å². The zero-order chi connectivity index (χ0) is 11.0. The molecule has 0 unspecified atom stereocenters. The summed E-state index contributed by atoms with van der Waals surface area (Å²) >= 11 is 0. The Hall–Kier alpha value is -1.11. The molecule has 0 aromatic heterocycles. The van der Waals surface area contributed by atoms with E-state index in [1.54, 1.807) is 6.92 Å². The van der Waals surface area contributed by atoms with E-state index in [0.717, 1.165) is 11.5 Å². The first-order valence-electron chi connectivity index (χ1n) is 5.13. The Morgan fingerprint density at radius 2 is 1.64 bits per heavy atom. The Balaban J connectivity index is 0.000000292. The standard InChI is InChI=1S/C8H8O.C5H12/c1-7(9)8-5-3-2-4-6-8;1-4-5(2)3/h2-6H,1H3;5H,4H2,1-3H3. The van der Waals surface area contributed by atoms with E-state index in [1.165, 1.54) is 6.42 Å². The highest BCUT2D eigenvalue weighted by atomic mass is 16.1. The summed E-state index contributed by atoms with van der Waals surface area (Å²) in [6.45, 7) is 8.21. The smallest absolute Gasteiger partial charge is 0.159 e. The van der Waals surface area contributed by atoms with Crippen LogP contribution in [-0.2, 0) is 0 Å². The minimum Gasteiger partial charge on any atom is -0.295 e. The second kappa shape index (κ2) is 7.31. The topological polar surface area (TPSA) is 17.1 Å². The van der Waals surface area contributed by atoms with E-state index in [2.05, 4.69) is 20.8 Å². The van der Waals surface area contributed by atoms with E-state index in [1.807, 2.05) is 30.3 Å². The Morgan fingerprint density at radius 1 is 1.21 bits per heavy atom. The van der Waals surface area contributed by atoms with Crippen molar-refractivity contribution in [1.29, 1.82) is 0 Å². The molecular formula is C13H20O. The van der Waals surface area contributed by atoms with Crippen LogP contribution in [0.3, 0.4) is 0 Å². The molecule has 0 aliphatic rings. The van der Waals surface area contributed by atoms with Crippen molar-refractivity contribution in [1.82, 2.24) is 0 Å². The predicted molar refractivity (Wildman–Crippen MR) is 61.6 cm³/mol. The van der Waals surface area contributed by atoms with Crippen molar-refractivity contribution < 1.29 is 4.79 Å². The first kappa shape index (κ1) is 12.9. The van der Waals surface area contributed by atoms with Crippen molar-refractivity contribution >= 4 is 5.78 Å². The summed E-state index contributed by atoms with van der Waals surface area (Å²) in [4.78, 5) is 10.6. The molecule has 0 amide bonds. The molecule has 0 saturated carbocycles. The van der Waals surface area contributed by atoms with E-state index in [9.17, 15) is 4.79 Å². The maximum Gasteiger partial charge on any atom is 0.159 e. The van der Waals surface area contributed by atoms with Crippen LogP contribution in [0, 0.1) is 5.92 Å². The van der Waals surface area contributed by atoms with Gasteiger partial charge in [0.25, 0.3) is 0 Å². The van der Waals surface area contributed by atoms with E-state index in [-0.39, 0.29) is 5.78 Å². The Kier molecular flexibility index (Phi) is 6.73. The Labute approximate surface area is 87.2 Å². The van der Waals surface area contributed by atoms with Crippen molar-refractivity contribution in [2.45, 2.75) is 34.1 Å². The second-order valence-electron chi connectivity index (χ2n) is 3.72. The van der Waals surface area contributed by atoms with Gasteiger partial charge >= 0.3 is 0 Å². The monoisotopic (exact) mass is 192 g/mol. The number of hydrogen-bond donors (Lipinski definition) is 0. The summed E-state index contributed by atoms with van der Waals surface area (Å²) in [5, 5.41) is 0. The van der Waals surface area contributed by atoms with Crippen molar-refractivity contribution in [2.75, 3.05) is 0 Å². The molecule has 1 nitrogen and oxygen atoms in total. The molecule has 1 aromatic carbocycles. The lowest BCUT2D eigenvalue weighted by Gasteiger charge is -1.90. The van der Waals surface area contributed by atoms with E-state index in [0.29, 0.717) is 0 Å². The highest BCUT2D eigenvalue weighted by molar-refractivity contribution is 5.93. The fourth-order valence-corrected chi connectivity index (χ4v) is 0.673. The van der Waals surface area contributed by atoms with Gasteiger partial charge in [-0.05, 0) is 12.8 Å². The molecule has 0 bridgehead atoms. The number of carbonyl (C=O) groups excluding carboxylic acids is 1. The van der Waals surface area contributed by atoms with Crippen LogP contribution < -0.4 is 0 Å². The summed E-state index contributed by atoms with van der Waals surface area (Å²) in [7, 11) is 0. The third-order valence-electron chi connectivity index (χ3n) is 2.00. The second-order valence-corrected chi connectivity index (χ2v) is 3.72. The molecule has 0 heterocycles. The molecule has 0 aliphatic heterocycles. The molecule has 0 aliphatic carbocycles. The SMILES string of the molecule is CC(=O)c1ccccc1.CCC(C)C. The largest absolute Gasteiger partial charge is 0.295 e. The maximum absolute atomic E-state index is 10.6. The van der Waals surface area contributed by atoms with Crippen LogP contribution >= 0.6 is 0 Å².